The minimum absolute atomic E-state index is 0.0456. The van der Waals surface area contributed by atoms with Crippen molar-refractivity contribution < 1.29 is 9.59 Å². The molecule has 1 fully saturated rings. The number of para-hydroxylation sites is 1. The highest BCUT2D eigenvalue weighted by Gasteiger charge is 2.20. The molecule has 0 aromatic heterocycles. The van der Waals surface area contributed by atoms with Crippen LogP contribution in [0.2, 0.25) is 0 Å². The first-order valence-electron chi connectivity index (χ1n) is 5.79. The molecule has 1 aliphatic heterocycles. The molecule has 2 rings (SSSR count). The van der Waals surface area contributed by atoms with Gasteiger partial charge in [0.2, 0.25) is 5.91 Å². The van der Waals surface area contributed by atoms with E-state index in [9.17, 15) is 9.59 Å². The number of nitrogens with two attached hydrogens (primary N) is 2. The van der Waals surface area contributed by atoms with Gasteiger partial charge < -0.3 is 22.1 Å². The highest BCUT2D eigenvalue weighted by Crippen LogP contribution is 2.25. The summed E-state index contributed by atoms with van der Waals surface area (Å²) in [6.07, 6.45) is 1.18. The number of primary amides is 1. The quantitative estimate of drug-likeness (QED) is 0.567. The van der Waals surface area contributed by atoms with Crippen LogP contribution in [0, 0.1) is 0 Å². The SMILES string of the molecule is NC(=O)c1cccc(N)c1NC1CCC(=O)NC1. The van der Waals surface area contributed by atoms with Gasteiger partial charge in [0, 0.05) is 19.0 Å². The molecule has 1 aliphatic rings. The fourth-order valence-corrected chi connectivity index (χ4v) is 2.00. The maximum Gasteiger partial charge on any atom is 0.250 e. The first-order valence-corrected chi connectivity index (χ1v) is 5.79. The number of nitrogen functional groups attached to an aromatic ring is 1. The van der Waals surface area contributed by atoms with Crippen molar-refractivity contribution in [3.8, 4) is 0 Å². The lowest BCUT2D eigenvalue weighted by atomic mass is 10.0. The summed E-state index contributed by atoms with van der Waals surface area (Å²) in [5, 5.41) is 5.94. The molecule has 0 saturated carbocycles. The minimum Gasteiger partial charge on any atom is -0.397 e. The molecule has 2 amide bonds. The van der Waals surface area contributed by atoms with Gasteiger partial charge in [-0.05, 0) is 18.6 Å². The average molecular weight is 248 g/mol. The average Bonchev–Trinajstić information content (AvgIpc) is 2.34. The predicted molar refractivity (Wildman–Crippen MR) is 69.0 cm³/mol. The second-order valence-electron chi connectivity index (χ2n) is 4.32. The normalized spacial score (nSPS) is 19.1. The summed E-state index contributed by atoms with van der Waals surface area (Å²) < 4.78 is 0. The van der Waals surface area contributed by atoms with Crippen LogP contribution in [0.15, 0.2) is 18.2 Å². The van der Waals surface area contributed by atoms with Gasteiger partial charge in [-0.15, -0.1) is 0 Å². The van der Waals surface area contributed by atoms with Gasteiger partial charge in [-0.1, -0.05) is 6.07 Å². The van der Waals surface area contributed by atoms with E-state index >= 15 is 0 Å². The van der Waals surface area contributed by atoms with E-state index < -0.39 is 5.91 Å². The molecular weight excluding hydrogens is 232 g/mol. The van der Waals surface area contributed by atoms with Crippen molar-refractivity contribution >= 4 is 23.2 Å². The molecule has 0 spiro atoms. The Balaban J connectivity index is 2.18. The van der Waals surface area contributed by atoms with Crippen LogP contribution in [0.3, 0.4) is 0 Å². The van der Waals surface area contributed by atoms with Gasteiger partial charge in [0.15, 0.2) is 0 Å². The van der Waals surface area contributed by atoms with Gasteiger partial charge in [-0.2, -0.15) is 0 Å². The third-order valence-corrected chi connectivity index (χ3v) is 2.98. The summed E-state index contributed by atoms with van der Waals surface area (Å²) in [4.78, 5) is 22.4. The summed E-state index contributed by atoms with van der Waals surface area (Å²) in [6, 6.07) is 5.08. The number of carbonyl (C=O) groups excluding carboxylic acids is 2. The zero-order valence-corrected chi connectivity index (χ0v) is 9.90. The van der Waals surface area contributed by atoms with Crippen LogP contribution in [0.5, 0.6) is 0 Å². The number of benzene rings is 1. The van der Waals surface area contributed by atoms with E-state index in [1.807, 2.05) is 0 Å². The van der Waals surface area contributed by atoms with Crippen LogP contribution in [-0.2, 0) is 4.79 Å². The smallest absolute Gasteiger partial charge is 0.250 e. The number of nitrogens with one attached hydrogen (secondary N) is 2. The third-order valence-electron chi connectivity index (χ3n) is 2.98. The Bertz CT molecular complexity index is 477. The van der Waals surface area contributed by atoms with E-state index in [1.54, 1.807) is 18.2 Å². The number of hydrogen-bond acceptors (Lipinski definition) is 4. The Morgan fingerprint density at radius 3 is 2.83 bits per heavy atom. The zero-order valence-electron chi connectivity index (χ0n) is 9.90. The zero-order chi connectivity index (χ0) is 13.1. The highest BCUT2D eigenvalue weighted by atomic mass is 16.2. The third kappa shape index (κ3) is 2.53. The molecule has 1 heterocycles. The monoisotopic (exact) mass is 248 g/mol. The molecule has 18 heavy (non-hydrogen) atoms. The molecule has 1 aromatic rings. The summed E-state index contributed by atoms with van der Waals surface area (Å²) in [6.45, 7) is 0.519. The molecule has 1 saturated heterocycles. The van der Waals surface area contributed by atoms with E-state index in [0.29, 0.717) is 36.3 Å². The van der Waals surface area contributed by atoms with Crippen LogP contribution >= 0.6 is 0 Å². The van der Waals surface area contributed by atoms with E-state index in [2.05, 4.69) is 10.6 Å². The Morgan fingerprint density at radius 2 is 2.22 bits per heavy atom. The van der Waals surface area contributed by atoms with Crippen molar-refractivity contribution in [1.82, 2.24) is 5.32 Å². The minimum atomic E-state index is -0.523. The Labute approximate surface area is 105 Å². The number of anilines is 2. The summed E-state index contributed by atoms with van der Waals surface area (Å²) in [5.74, 6) is -0.478. The summed E-state index contributed by atoms with van der Waals surface area (Å²) in [7, 11) is 0. The van der Waals surface area contributed by atoms with Gasteiger partial charge in [-0.25, -0.2) is 0 Å². The second-order valence-corrected chi connectivity index (χ2v) is 4.32. The lowest BCUT2D eigenvalue weighted by Gasteiger charge is -2.26. The van der Waals surface area contributed by atoms with Crippen LogP contribution in [0.4, 0.5) is 11.4 Å². The van der Waals surface area contributed by atoms with Gasteiger partial charge in [0.25, 0.3) is 5.91 Å². The molecule has 96 valence electrons. The van der Waals surface area contributed by atoms with Gasteiger partial charge in [-0.3, -0.25) is 9.59 Å². The summed E-state index contributed by atoms with van der Waals surface area (Å²) in [5.41, 5.74) is 12.5. The number of rotatable bonds is 3. The molecule has 1 aromatic carbocycles. The number of piperidine rings is 1. The van der Waals surface area contributed by atoms with E-state index in [1.165, 1.54) is 0 Å². The van der Waals surface area contributed by atoms with Crippen molar-refractivity contribution in [2.75, 3.05) is 17.6 Å². The Kier molecular flexibility index (Phi) is 3.36. The van der Waals surface area contributed by atoms with Crippen LogP contribution in [0.25, 0.3) is 0 Å². The van der Waals surface area contributed by atoms with Gasteiger partial charge in [0.05, 0.1) is 16.9 Å². The molecule has 6 N–H and O–H groups in total. The van der Waals surface area contributed by atoms with Crippen LogP contribution in [-0.4, -0.2) is 24.4 Å². The van der Waals surface area contributed by atoms with E-state index in [4.69, 9.17) is 11.5 Å². The molecule has 1 atom stereocenters. The van der Waals surface area contributed by atoms with Crippen molar-refractivity contribution in [2.24, 2.45) is 5.73 Å². The van der Waals surface area contributed by atoms with Crippen LogP contribution in [0.1, 0.15) is 23.2 Å². The topological polar surface area (TPSA) is 110 Å². The second kappa shape index (κ2) is 4.95. The standard InChI is InChI=1S/C12H16N4O2/c13-9-3-1-2-8(12(14)18)11(9)16-7-4-5-10(17)15-6-7/h1-3,7,16H,4-6,13H2,(H2,14,18)(H,15,17). The number of amides is 2. The molecular formula is C12H16N4O2. The molecule has 0 aliphatic carbocycles. The van der Waals surface area contributed by atoms with E-state index in [0.717, 1.165) is 0 Å². The number of carbonyl (C=O) groups is 2. The molecule has 0 bridgehead atoms. The fourth-order valence-electron chi connectivity index (χ4n) is 2.00. The Morgan fingerprint density at radius 1 is 1.44 bits per heavy atom. The Hall–Kier alpha value is -2.24. The molecule has 6 nitrogen and oxygen atoms in total. The van der Waals surface area contributed by atoms with Crippen molar-refractivity contribution in [3.05, 3.63) is 23.8 Å². The largest absolute Gasteiger partial charge is 0.397 e. The fraction of sp³-hybridized carbons (Fsp3) is 0.333. The molecule has 1 unspecified atom stereocenters. The molecule has 0 radical (unpaired) electrons. The lowest BCUT2D eigenvalue weighted by molar-refractivity contribution is -0.122. The predicted octanol–water partition coefficient (Wildman–Crippen LogP) is 0.0582. The number of hydrogen-bond donors (Lipinski definition) is 4. The maximum absolute atomic E-state index is 11.3. The highest BCUT2D eigenvalue weighted by molar-refractivity contribution is 6.01. The molecule has 6 heteroatoms. The van der Waals surface area contributed by atoms with Crippen molar-refractivity contribution in [3.63, 3.8) is 0 Å². The maximum atomic E-state index is 11.3. The van der Waals surface area contributed by atoms with Crippen LogP contribution < -0.4 is 22.1 Å². The van der Waals surface area contributed by atoms with Crippen molar-refractivity contribution in [2.45, 2.75) is 18.9 Å². The van der Waals surface area contributed by atoms with E-state index in [-0.39, 0.29) is 11.9 Å². The lowest BCUT2D eigenvalue weighted by Crippen LogP contribution is -2.42. The first kappa shape index (κ1) is 12.2. The van der Waals surface area contributed by atoms with Crippen molar-refractivity contribution in [1.29, 1.82) is 0 Å². The van der Waals surface area contributed by atoms with Gasteiger partial charge in [0.1, 0.15) is 0 Å². The van der Waals surface area contributed by atoms with Gasteiger partial charge >= 0.3 is 0 Å². The first-order chi connectivity index (χ1) is 8.58. The summed E-state index contributed by atoms with van der Waals surface area (Å²) >= 11 is 0.